The molecule has 6 nitrogen and oxygen atoms in total. The Labute approximate surface area is 148 Å². The number of aliphatic hydroxyl groups excluding tert-OH is 1. The summed E-state index contributed by atoms with van der Waals surface area (Å²) >= 11 is 0. The summed E-state index contributed by atoms with van der Waals surface area (Å²) in [6.45, 7) is 7.67. The maximum atomic E-state index is 12.1. The highest BCUT2D eigenvalue weighted by Crippen LogP contribution is 2.22. The molecule has 2 rings (SSSR count). The fraction of sp³-hybridized carbons (Fsp3) is 0.421. The topological polar surface area (TPSA) is 83.7 Å². The van der Waals surface area contributed by atoms with Crippen molar-refractivity contribution in [1.29, 1.82) is 0 Å². The highest BCUT2D eigenvalue weighted by atomic mass is 16.5. The summed E-state index contributed by atoms with van der Waals surface area (Å²) in [6, 6.07) is 8.42. The maximum Gasteiger partial charge on any atom is 0.319 e. The molecule has 3 N–H and O–H groups in total. The van der Waals surface area contributed by atoms with E-state index >= 15 is 0 Å². The van der Waals surface area contributed by atoms with Crippen molar-refractivity contribution in [2.45, 2.75) is 52.4 Å². The molecule has 0 bridgehead atoms. The van der Waals surface area contributed by atoms with Crippen LogP contribution in [0.15, 0.2) is 41.0 Å². The minimum atomic E-state index is -0.750. The molecule has 0 aliphatic carbocycles. The number of ether oxygens (including phenoxy) is 1. The van der Waals surface area contributed by atoms with Gasteiger partial charge in [-0.1, -0.05) is 0 Å². The summed E-state index contributed by atoms with van der Waals surface area (Å²) in [5.41, 5.74) is 1.63. The highest BCUT2D eigenvalue weighted by molar-refractivity contribution is 5.90. The number of amides is 2. The van der Waals surface area contributed by atoms with Gasteiger partial charge in [-0.3, -0.25) is 0 Å². The zero-order valence-electron chi connectivity index (χ0n) is 15.1. The van der Waals surface area contributed by atoms with Crippen molar-refractivity contribution in [2.24, 2.45) is 0 Å². The Morgan fingerprint density at radius 1 is 1.28 bits per heavy atom. The fourth-order valence-corrected chi connectivity index (χ4v) is 2.49. The molecule has 2 amide bonds. The summed E-state index contributed by atoms with van der Waals surface area (Å²) in [6.07, 6.45) is 1.22. The molecule has 0 fully saturated rings. The largest absolute Gasteiger partial charge is 0.491 e. The number of furan rings is 1. The molecular formula is C19H26N2O4. The van der Waals surface area contributed by atoms with E-state index in [1.807, 2.05) is 45.9 Å². The van der Waals surface area contributed by atoms with Gasteiger partial charge in [0, 0.05) is 18.2 Å². The lowest BCUT2D eigenvalue weighted by Gasteiger charge is -2.18. The van der Waals surface area contributed by atoms with E-state index in [-0.39, 0.29) is 18.2 Å². The van der Waals surface area contributed by atoms with Gasteiger partial charge in [-0.2, -0.15) is 0 Å². The van der Waals surface area contributed by atoms with Gasteiger partial charge >= 0.3 is 6.03 Å². The van der Waals surface area contributed by atoms with E-state index in [1.54, 1.807) is 12.1 Å². The number of rotatable bonds is 7. The quantitative estimate of drug-likeness (QED) is 0.707. The highest BCUT2D eigenvalue weighted by Gasteiger charge is 2.16. The Hall–Kier alpha value is -2.47. The van der Waals surface area contributed by atoms with Gasteiger partial charge in [0.1, 0.15) is 17.6 Å². The van der Waals surface area contributed by atoms with Crippen LogP contribution in [-0.2, 0) is 0 Å². The number of hydrogen-bond donors (Lipinski definition) is 3. The SMILES string of the molecule is Cc1cc(OC(C)C)ccc1NC(=O)N[C@H](C)C[C@H](O)c1ccco1. The van der Waals surface area contributed by atoms with Gasteiger partial charge in [0.2, 0.25) is 0 Å². The van der Waals surface area contributed by atoms with Crippen LogP contribution in [0.1, 0.15) is 44.6 Å². The second kappa shape index (κ2) is 8.58. The molecule has 0 aliphatic heterocycles. The first-order valence-corrected chi connectivity index (χ1v) is 8.41. The first-order valence-electron chi connectivity index (χ1n) is 8.41. The molecule has 1 aromatic heterocycles. The zero-order valence-corrected chi connectivity index (χ0v) is 15.1. The van der Waals surface area contributed by atoms with Gasteiger partial charge in [-0.25, -0.2) is 4.79 Å². The van der Waals surface area contributed by atoms with E-state index in [1.165, 1.54) is 6.26 Å². The van der Waals surface area contributed by atoms with Gasteiger partial charge in [0.05, 0.1) is 12.4 Å². The van der Waals surface area contributed by atoms with Gasteiger partial charge in [0.25, 0.3) is 0 Å². The van der Waals surface area contributed by atoms with Crippen molar-refractivity contribution < 1.29 is 19.1 Å². The van der Waals surface area contributed by atoms with Gasteiger partial charge in [0.15, 0.2) is 0 Å². The van der Waals surface area contributed by atoms with Crippen molar-refractivity contribution in [3.05, 3.63) is 47.9 Å². The monoisotopic (exact) mass is 346 g/mol. The number of urea groups is 1. The minimum Gasteiger partial charge on any atom is -0.491 e. The number of carbonyl (C=O) groups excluding carboxylic acids is 1. The number of anilines is 1. The molecule has 25 heavy (non-hydrogen) atoms. The number of hydrogen-bond acceptors (Lipinski definition) is 4. The predicted octanol–water partition coefficient (Wildman–Crippen LogP) is 4.01. The first-order chi connectivity index (χ1) is 11.8. The molecule has 0 unspecified atom stereocenters. The number of aryl methyl sites for hydroxylation is 1. The maximum absolute atomic E-state index is 12.1. The fourth-order valence-electron chi connectivity index (χ4n) is 2.49. The lowest BCUT2D eigenvalue weighted by molar-refractivity contribution is 0.130. The van der Waals surface area contributed by atoms with Gasteiger partial charge < -0.3 is 24.9 Å². The number of benzene rings is 1. The molecule has 0 radical (unpaired) electrons. The summed E-state index contributed by atoms with van der Waals surface area (Å²) < 4.78 is 10.8. The molecule has 1 aromatic carbocycles. The van der Waals surface area contributed by atoms with Crippen LogP contribution in [0.5, 0.6) is 5.75 Å². The smallest absolute Gasteiger partial charge is 0.319 e. The number of aliphatic hydroxyl groups is 1. The zero-order chi connectivity index (χ0) is 18.4. The van der Waals surface area contributed by atoms with Crippen LogP contribution in [0.4, 0.5) is 10.5 Å². The Morgan fingerprint density at radius 2 is 2.04 bits per heavy atom. The van der Waals surface area contributed by atoms with Gasteiger partial charge in [-0.15, -0.1) is 0 Å². The molecule has 136 valence electrons. The van der Waals surface area contributed by atoms with Crippen molar-refractivity contribution in [2.75, 3.05) is 5.32 Å². The third kappa shape index (κ3) is 5.83. The van der Waals surface area contributed by atoms with E-state index in [9.17, 15) is 9.90 Å². The van der Waals surface area contributed by atoms with Gasteiger partial charge in [-0.05, 0) is 63.6 Å². The Balaban J connectivity index is 1.87. The summed E-state index contributed by atoms with van der Waals surface area (Å²) in [5, 5.41) is 15.7. The molecule has 2 atom stereocenters. The second-order valence-corrected chi connectivity index (χ2v) is 6.41. The molecule has 1 heterocycles. The van der Waals surface area contributed by atoms with E-state index < -0.39 is 6.10 Å². The Bertz CT molecular complexity index is 683. The van der Waals surface area contributed by atoms with Crippen LogP contribution in [0.25, 0.3) is 0 Å². The Morgan fingerprint density at radius 3 is 2.64 bits per heavy atom. The normalized spacial score (nSPS) is 13.4. The van der Waals surface area contributed by atoms with E-state index in [2.05, 4.69) is 10.6 Å². The molecular weight excluding hydrogens is 320 g/mol. The van der Waals surface area contributed by atoms with Crippen molar-refractivity contribution in [3.63, 3.8) is 0 Å². The summed E-state index contributed by atoms with van der Waals surface area (Å²) in [5.74, 6) is 1.26. The van der Waals surface area contributed by atoms with Crippen molar-refractivity contribution >= 4 is 11.7 Å². The molecule has 6 heteroatoms. The summed E-state index contributed by atoms with van der Waals surface area (Å²) in [7, 11) is 0. The average Bonchev–Trinajstić information content (AvgIpc) is 3.03. The van der Waals surface area contributed by atoms with Crippen LogP contribution in [0.2, 0.25) is 0 Å². The standard InChI is InChI=1S/C19H26N2O4/c1-12(2)25-15-7-8-16(13(3)10-15)21-19(23)20-14(4)11-17(22)18-6-5-9-24-18/h5-10,12,14,17,22H,11H2,1-4H3,(H2,20,21,23)/t14-,17+/m1/s1. The number of carbonyl (C=O) groups is 1. The van der Waals surface area contributed by atoms with E-state index in [0.29, 0.717) is 17.9 Å². The third-order valence-corrected chi connectivity index (χ3v) is 3.64. The van der Waals surface area contributed by atoms with Crippen LogP contribution in [0.3, 0.4) is 0 Å². The first kappa shape index (κ1) is 18.9. The van der Waals surface area contributed by atoms with E-state index in [4.69, 9.17) is 9.15 Å². The summed E-state index contributed by atoms with van der Waals surface area (Å²) in [4.78, 5) is 12.1. The van der Waals surface area contributed by atoms with Crippen LogP contribution in [0, 0.1) is 6.92 Å². The molecule has 0 spiro atoms. The van der Waals surface area contributed by atoms with Crippen LogP contribution >= 0.6 is 0 Å². The molecule has 2 aromatic rings. The minimum absolute atomic E-state index is 0.1000. The van der Waals surface area contributed by atoms with Crippen molar-refractivity contribution in [3.8, 4) is 5.75 Å². The predicted molar refractivity (Wildman–Crippen MR) is 96.8 cm³/mol. The van der Waals surface area contributed by atoms with Crippen LogP contribution < -0.4 is 15.4 Å². The second-order valence-electron chi connectivity index (χ2n) is 6.41. The van der Waals surface area contributed by atoms with Crippen LogP contribution in [-0.4, -0.2) is 23.3 Å². The van der Waals surface area contributed by atoms with Crippen molar-refractivity contribution in [1.82, 2.24) is 5.32 Å². The molecule has 0 saturated heterocycles. The molecule has 0 saturated carbocycles. The lowest BCUT2D eigenvalue weighted by atomic mass is 10.1. The number of nitrogens with one attached hydrogen (secondary N) is 2. The van der Waals surface area contributed by atoms with E-state index in [0.717, 1.165) is 11.3 Å². The third-order valence-electron chi connectivity index (χ3n) is 3.64. The average molecular weight is 346 g/mol. The molecule has 0 aliphatic rings. The Kier molecular flexibility index (Phi) is 6.47. The lowest BCUT2D eigenvalue weighted by Crippen LogP contribution is -2.37.